The van der Waals surface area contributed by atoms with Crippen LogP contribution in [0.1, 0.15) is 11.4 Å². The lowest BCUT2D eigenvalue weighted by Gasteiger charge is -2.12. The molecule has 0 amide bonds. The van der Waals surface area contributed by atoms with Crippen molar-refractivity contribution < 1.29 is 4.74 Å². The van der Waals surface area contributed by atoms with E-state index >= 15 is 0 Å². The summed E-state index contributed by atoms with van der Waals surface area (Å²) in [5.74, 6) is 2.45. The molecule has 6 heteroatoms. The van der Waals surface area contributed by atoms with E-state index < -0.39 is 0 Å². The van der Waals surface area contributed by atoms with Gasteiger partial charge in [-0.15, -0.1) is 21.8 Å². The first kappa shape index (κ1) is 13.8. The zero-order valence-electron chi connectivity index (χ0n) is 11.1. The van der Waals surface area contributed by atoms with Crippen LogP contribution < -0.4 is 4.74 Å². The van der Waals surface area contributed by atoms with Crippen LogP contribution in [0.15, 0.2) is 24.3 Å². The van der Waals surface area contributed by atoms with Gasteiger partial charge in [0.2, 0.25) is 0 Å². The summed E-state index contributed by atoms with van der Waals surface area (Å²) in [4.78, 5) is 1.46. The fourth-order valence-corrected chi connectivity index (χ4v) is 2.20. The molecule has 0 aliphatic carbocycles. The van der Waals surface area contributed by atoms with Gasteiger partial charge in [0.15, 0.2) is 5.82 Å². The van der Waals surface area contributed by atoms with Crippen LogP contribution >= 0.6 is 11.6 Å². The molecule has 0 bridgehead atoms. The molecule has 2 rings (SSSR count). The van der Waals surface area contributed by atoms with Gasteiger partial charge in [-0.2, -0.15) is 4.80 Å². The molecule has 1 atom stereocenters. The second kappa shape index (κ2) is 6.52. The lowest BCUT2D eigenvalue weighted by Crippen LogP contribution is -2.11. The van der Waals surface area contributed by atoms with E-state index in [1.54, 1.807) is 14.2 Å². The van der Waals surface area contributed by atoms with Crippen LogP contribution in [0.4, 0.5) is 0 Å². The minimum atomic E-state index is 0.290. The number of aryl methyl sites for hydroxylation is 1. The zero-order chi connectivity index (χ0) is 13.7. The SMILES string of the molecule is COc1cccc(CC(CCl)Cc2nnn(C)n2)c1. The molecule has 0 N–H and O–H groups in total. The summed E-state index contributed by atoms with van der Waals surface area (Å²) in [5.41, 5.74) is 1.20. The molecule has 2 aromatic rings. The van der Waals surface area contributed by atoms with Crippen LogP contribution in [0.2, 0.25) is 0 Å². The van der Waals surface area contributed by atoms with Gasteiger partial charge >= 0.3 is 0 Å². The fraction of sp³-hybridized carbons (Fsp3) is 0.462. The van der Waals surface area contributed by atoms with Crippen molar-refractivity contribution in [1.29, 1.82) is 0 Å². The molecule has 0 fully saturated rings. The minimum Gasteiger partial charge on any atom is -0.497 e. The standard InChI is InChI=1S/C13H17ClN4O/c1-18-16-13(15-17-18)8-11(9-14)6-10-4-3-5-12(7-10)19-2/h3-5,7,11H,6,8-9H2,1-2H3. The maximum absolute atomic E-state index is 6.03. The van der Waals surface area contributed by atoms with E-state index in [0.717, 1.165) is 24.4 Å². The molecule has 0 saturated carbocycles. The van der Waals surface area contributed by atoms with E-state index in [4.69, 9.17) is 16.3 Å². The van der Waals surface area contributed by atoms with Crippen molar-refractivity contribution in [2.75, 3.05) is 13.0 Å². The summed E-state index contributed by atoms with van der Waals surface area (Å²) in [6, 6.07) is 8.03. The molecule has 5 nitrogen and oxygen atoms in total. The monoisotopic (exact) mass is 280 g/mol. The van der Waals surface area contributed by atoms with Crippen LogP contribution in [0, 0.1) is 5.92 Å². The van der Waals surface area contributed by atoms with E-state index in [2.05, 4.69) is 21.5 Å². The molecule has 0 aliphatic heterocycles. The van der Waals surface area contributed by atoms with Gasteiger partial charge in [0.05, 0.1) is 14.2 Å². The maximum atomic E-state index is 6.03. The highest BCUT2D eigenvalue weighted by Crippen LogP contribution is 2.18. The Morgan fingerprint density at radius 2 is 2.21 bits per heavy atom. The van der Waals surface area contributed by atoms with Gasteiger partial charge in [-0.05, 0) is 35.2 Å². The molecular weight excluding hydrogens is 264 g/mol. The van der Waals surface area contributed by atoms with Crippen molar-refractivity contribution in [2.24, 2.45) is 13.0 Å². The third-order valence-corrected chi connectivity index (χ3v) is 3.33. The fourth-order valence-electron chi connectivity index (χ4n) is 1.98. The first-order valence-electron chi connectivity index (χ1n) is 6.13. The van der Waals surface area contributed by atoms with Gasteiger partial charge in [-0.25, -0.2) is 0 Å². The number of rotatable bonds is 6. The second-order valence-electron chi connectivity index (χ2n) is 4.48. The van der Waals surface area contributed by atoms with Crippen LogP contribution in [-0.4, -0.2) is 33.2 Å². The number of alkyl halides is 1. The number of aromatic nitrogens is 4. The van der Waals surface area contributed by atoms with Crippen molar-refractivity contribution in [3.63, 3.8) is 0 Å². The van der Waals surface area contributed by atoms with E-state index in [9.17, 15) is 0 Å². The number of halogens is 1. The van der Waals surface area contributed by atoms with Gasteiger partial charge < -0.3 is 4.74 Å². The molecule has 0 radical (unpaired) electrons. The number of hydrogen-bond donors (Lipinski definition) is 0. The number of nitrogens with zero attached hydrogens (tertiary/aromatic N) is 4. The Hall–Kier alpha value is -1.62. The molecule has 102 valence electrons. The van der Waals surface area contributed by atoms with Gasteiger partial charge in [-0.1, -0.05) is 12.1 Å². The van der Waals surface area contributed by atoms with Crippen molar-refractivity contribution in [1.82, 2.24) is 20.2 Å². The summed E-state index contributed by atoms with van der Waals surface area (Å²) < 4.78 is 5.22. The normalized spacial score (nSPS) is 12.4. The van der Waals surface area contributed by atoms with Gasteiger partial charge in [0.25, 0.3) is 0 Å². The molecule has 0 spiro atoms. The van der Waals surface area contributed by atoms with Gasteiger partial charge in [0.1, 0.15) is 5.75 Å². The Kier molecular flexibility index (Phi) is 4.74. The van der Waals surface area contributed by atoms with E-state index in [1.807, 2.05) is 18.2 Å². The molecule has 0 aliphatic rings. The summed E-state index contributed by atoms with van der Waals surface area (Å²) in [7, 11) is 3.43. The zero-order valence-corrected chi connectivity index (χ0v) is 11.8. The van der Waals surface area contributed by atoms with Gasteiger partial charge in [-0.3, -0.25) is 0 Å². The minimum absolute atomic E-state index is 0.290. The lowest BCUT2D eigenvalue weighted by atomic mass is 9.97. The second-order valence-corrected chi connectivity index (χ2v) is 4.78. The Labute approximate surface area is 117 Å². The number of tetrazole rings is 1. The topological polar surface area (TPSA) is 52.8 Å². The average Bonchev–Trinajstić information content (AvgIpc) is 2.83. The number of benzene rings is 1. The molecular formula is C13H17ClN4O. The molecule has 1 unspecified atom stereocenters. The Morgan fingerprint density at radius 1 is 1.37 bits per heavy atom. The largest absolute Gasteiger partial charge is 0.497 e. The number of hydrogen-bond acceptors (Lipinski definition) is 4. The first-order valence-corrected chi connectivity index (χ1v) is 6.66. The quantitative estimate of drug-likeness (QED) is 0.758. The summed E-state index contributed by atoms with van der Waals surface area (Å²) in [6.07, 6.45) is 1.60. The van der Waals surface area contributed by atoms with E-state index in [1.165, 1.54) is 10.4 Å². The molecule has 1 heterocycles. The van der Waals surface area contributed by atoms with Crippen molar-refractivity contribution in [3.8, 4) is 5.75 Å². The van der Waals surface area contributed by atoms with Crippen LogP contribution in [0.3, 0.4) is 0 Å². The maximum Gasteiger partial charge on any atom is 0.175 e. The number of methoxy groups -OCH3 is 1. The third kappa shape index (κ3) is 3.92. The highest BCUT2D eigenvalue weighted by atomic mass is 35.5. The highest BCUT2D eigenvalue weighted by molar-refractivity contribution is 6.18. The smallest absolute Gasteiger partial charge is 0.175 e. The Morgan fingerprint density at radius 3 is 2.84 bits per heavy atom. The van der Waals surface area contributed by atoms with Gasteiger partial charge in [0, 0.05) is 12.3 Å². The van der Waals surface area contributed by atoms with Crippen LogP contribution in [-0.2, 0) is 19.9 Å². The van der Waals surface area contributed by atoms with Crippen molar-refractivity contribution in [3.05, 3.63) is 35.7 Å². The summed E-state index contributed by atoms with van der Waals surface area (Å²) in [5, 5.41) is 12.0. The predicted molar refractivity (Wildman–Crippen MR) is 73.4 cm³/mol. The highest BCUT2D eigenvalue weighted by Gasteiger charge is 2.13. The third-order valence-electron chi connectivity index (χ3n) is 2.90. The molecule has 1 aromatic heterocycles. The molecule has 19 heavy (non-hydrogen) atoms. The van der Waals surface area contributed by atoms with Crippen LogP contribution in [0.5, 0.6) is 5.75 Å². The molecule has 0 saturated heterocycles. The van der Waals surface area contributed by atoms with Crippen LogP contribution in [0.25, 0.3) is 0 Å². The Balaban J connectivity index is 2.01. The summed E-state index contributed by atoms with van der Waals surface area (Å²) in [6.45, 7) is 0. The van der Waals surface area contributed by atoms with E-state index in [0.29, 0.717) is 5.88 Å². The van der Waals surface area contributed by atoms with Crippen molar-refractivity contribution >= 4 is 11.6 Å². The Bertz CT molecular complexity index is 529. The number of ether oxygens (including phenoxy) is 1. The average molecular weight is 281 g/mol. The lowest BCUT2D eigenvalue weighted by molar-refractivity contribution is 0.413. The van der Waals surface area contributed by atoms with Crippen molar-refractivity contribution in [2.45, 2.75) is 12.8 Å². The molecule has 1 aromatic carbocycles. The summed E-state index contributed by atoms with van der Waals surface area (Å²) >= 11 is 6.03. The first-order chi connectivity index (χ1) is 9.21. The van der Waals surface area contributed by atoms with E-state index in [-0.39, 0.29) is 5.92 Å². The predicted octanol–water partition coefficient (Wildman–Crippen LogP) is 1.86.